The highest BCUT2D eigenvalue weighted by molar-refractivity contribution is 5.66. The standard InChI is InChI=1S/C31H36/c1-22-10-12-25(13-11-22)28-16-14-26-21-27(15-17-29(26)28)31(6,30(3,4)5)19-18-24-9-7-8-23(2)20-24/h7-17,20-21,28H,18-19H2,1-6H3. The number of allylic oxidation sites excluding steroid dienone is 1. The van der Waals surface area contributed by atoms with Gasteiger partial charge in [-0.15, -0.1) is 0 Å². The zero-order valence-corrected chi connectivity index (χ0v) is 20.0. The lowest BCUT2D eigenvalue weighted by Gasteiger charge is -2.43. The van der Waals surface area contributed by atoms with Gasteiger partial charge in [-0.1, -0.05) is 118 Å². The maximum atomic E-state index is 2.46. The zero-order chi connectivity index (χ0) is 22.2. The molecule has 3 aromatic carbocycles. The molecule has 0 radical (unpaired) electrons. The Bertz CT molecular complexity index is 1090. The summed E-state index contributed by atoms with van der Waals surface area (Å²) in [5, 5.41) is 0. The van der Waals surface area contributed by atoms with Crippen LogP contribution in [0.3, 0.4) is 0 Å². The number of benzene rings is 3. The Morgan fingerprint density at radius 2 is 1.52 bits per heavy atom. The van der Waals surface area contributed by atoms with E-state index >= 15 is 0 Å². The molecule has 1 aliphatic rings. The van der Waals surface area contributed by atoms with Gasteiger partial charge in [0.2, 0.25) is 0 Å². The fourth-order valence-corrected chi connectivity index (χ4v) is 4.93. The van der Waals surface area contributed by atoms with Crippen LogP contribution in [-0.4, -0.2) is 0 Å². The first-order valence-corrected chi connectivity index (χ1v) is 11.6. The van der Waals surface area contributed by atoms with Crippen LogP contribution in [0.25, 0.3) is 6.08 Å². The summed E-state index contributed by atoms with van der Waals surface area (Å²) in [5.74, 6) is 0.373. The molecule has 0 heteroatoms. The second-order valence-corrected chi connectivity index (χ2v) is 10.7. The minimum absolute atomic E-state index is 0.0988. The van der Waals surface area contributed by atoms with Crippen LogP contribution in [0.4, 0.5) is 0 Å². The van der Waals surface area contributed by atoms with Crippen LogP contribution < -0.4 is 0 Å². The van der Waals surface area contributed by atoms with E-state index in [9.17, 15) is 0 Å². The molecular weight excluding hydrogens is 372 g/mol. The second kappa shape index (κ2) is 8.15. The molecule has 0 heterocycles. The minimum Gasteiger partial charge on any atom is -0.0720 e. The van der Waals surface area contributed by atoms with Crippen molar-refractivity contribution in [2.24, 2.45) is 5.41 Å². The Labute approximate surface area is 189 Å². The highest BCUT2D eigenvalue weighted by Gasteiger charge is 2.39. The van der Waals surface area contributed by atoms with E-state index in [-0.39, 0.29) is 10.8 Å². The first-order chi connectivity index (χ1) is 14.7. The fourth-order valence-electron chi connectivity index (χ4n) is 4.93. The number of rotatable bonds is 5. The third-order valence-electron chi connectivity index (χ3n) is 7.62. The van der Waals surface area contributed by atoms with Crippen molar-refractivity contribution in [1.82, 2.24) is 0 Å². The Morgan fingerprint density at radius 3 is 2.19 bits per heavy atom. The summed E-state index contributed by atoms with van der Waals surface area (Å²) in [4.78, 5) is 0. The quantitative estimate of drug-likeness (QED) is 0.397. The lowest BCUT2D eigenvalue weighted by molar-refractivity contribution is 0.189. The number of hydrogen-bond donors (Lipinski definition) is 0. The molecule has 1 aliphatic carbocycles. The van der Waals surface area contributed by atoms with Gasteiger partial charge in [-0.3, -0.25) is 0 Å². The zero-order valence-electron chi connectivity index (χ0n) is 20.0. The summed E-state index contributed by atoms with van der Waals surface area (Å²) >= 11 is 0. The van der Waals surface area contributed by atoms with Crippen LogP contribution in [-0.2, 0) is 11.8 Å². The van der Waals surface area contributed by atoms with E-state index in [2.05, 4.69) is 120 Å². The van der Waals surface area contributed by atoms with Gasteiger partial charge in [-0.05, 0) is 65.3 Å². The third kappa shape index (κ3) is 4.26. The van der Waals surface area contributed by atoms with Crippen LogP contribution >= 0.6 is 0 Å². The smallest absolute Gasteiger partial charge is 0.0278 e. The van der Waals surface area contributed by atoms with Gasteiger partial charge >= 0.3 is 0 Å². The van der Waals surface area contributed by atoms with Gasteiger partial charge in [-0.25, -0.2) is 0 Å². The number of fused-ring (bicyclic) bond motifs is 1. The molecule has 0 saturated carbocycles. The third-order valence-corrected chi connectivity index (χ3v) is 7.62. The molecule has 0 nitrogen and oxygen atoms in total. The van der Waals surface area contributed by atoms with E-state index in [4.69, 9.17) is 0 Å². The Morgan fingerprint density at radius 1 is 0.774 bits per heavy atom. The largest absolute Gasteiger partial charge is 0.0720 e. The van der Waals surface area contributed by atoms with E-state index in [0.29, 0.717) is 5.92 Å². The molecule has 0 bridgehead atoms. The SMILES string of the molecule is Cc1ccc(C2C=Cc3cc(C(C)(CCc4cccc(C)c4)C(C)(C)C)ccc32)cc1. The van der Waals surface area contributed by atoms with Gasteiger partial charge in [0.15, 0.2) is 0 Å². The molecule has 4 rings (SSSR count). The molecule has 0 amide bonds. The minimum atomic E-state index is 0.0988. The van der Waals surface area contributed by atoms with Crippen LogP contribution in [0.15, 0.2) is 72.8 Å². The summed E-state index contributed by atoms with van der Waals surface area (Å²) < 4.78 is 0. The Hall–Kier alpha value is -2.60. The highest BCUT2D eigenvalue weighted by atomic mass is 14.4. The first-order valence-electron chi connectivity index (χ1n) is 11.6. The van der Waals surface area contributed by atoms with E-state index in [1.165, 1.54) is 38.9 Å². The molecule has 0 saturated heterocycles. The number of hydrogen-bond acceptors (Lipinski definition) is 0. The molecule has 2 atom stereocenters. The first kappa shape index (κ1) is 21.6. The summed E-state index contributed by atoms with van der Waals surface area (Å²) in [6.07, 6.45) is 6.94. The molecule has 0 N–H and O–H groups in total. The molecule has 2 unspecified atom stereocenters. The van der Waals surface area contributed by atoms with Crippen LogP contribution in [0, 0.1) is 19.3 Å². The predicted molar refractivity (Wildman–Crippen MR) is 135 cm³/mol. The van der Waals surface area contributed by atoms with Crippen molar-refractivity contribution in [2.75, 3.05) is 0 Å². The summed E-state index contributed by atoms with van der Waals surface area (Å²) in [6.45, 7) is 14.0. The normalized spacial score (nSPS) is 17.4. The van der Waals surface area contributed by atoms with Crippen molar-refractivity contribution in [3.63, 3.8) is 0 Å². The van der Waals surface area contributed by atoms with Crippen molar-refractivity contribution in [1.29, 1.82) is 0 Å². The number of aryl methyl sites for hydroxylation is 3. The van der Waals surface area contributed by atoms with Gasteiger partial charge in [0.25, 0.3) is 0 Å². The molecule has 0 aliphatic heterocycles. The summed E-state index contributed by atoms with van der Waals surface area (Å²) in [7, 11) is 0. The predicted octanol–water partition coefficient (Wildman–Crippen LogP) is 8.40. The summed E-state index contributed by atoms with van der Waals surface area (Å²) in [6, 6.07) is 25.2. The van der Waals surface area contributed by atoms with Gasteiger partial charge in [0, 0.05) is 5.92 Å². The van der Waals surface area contributed by atoms with Crippen LogP contribution in [0.1, 0.15) is 79.0 Å². The molecular formula is C31H36. The molecule has 31 heavy (non-hydrogen) atoms. The molecule has 3 aromatic rings. The Balaban J connectivity index is 1.64. The van der Waals surface area contributed by atoms with E-state index in [1.807, 2.05) is 0 Å². The average Bonchev–Trinajstić information content (AvgIpc) is 3.15. The van der Waals surface area contributed by atoms with Crippen molar-refractivity contribution >= 4 is 6.08 Å². The topological polar surface area (TPSA) is 0 Å². The van der Waals surface area contributed by atoms with Gasteiger partial charge < -0.3 is 0 Å². The van der Waals surface area contributed by atoms with E-state index in [0.717, 1.165) is 12.8 Å². The maximum absolute atomic E-state index is 2.46. The van der Waals surface area contributed by atoms with Gasteiger partial charge in [0.05, 0.1) is 0 Å². The maximum Gasteiger partial charge on any atom is 0.0278 e. The fraction of sp³-hybridized carbons (Fsp3) is 0.355. The lowest BCUT2D eigenvalue weighted by atomic mass is 9.61. The average molecular weight is 409 g/mol. The van der Waals surface area contributed by atoms with Gasteiger partial charge in [-0.2, -0.15) is 0 Å². The van der Waals surface area contributed by atoms with Crippen molar-refractivity contribution < 1.29 is 0 Å². The molecule has 160 valence electrons. The van der Waals surface area contributed by atoms with E-state index < -0.39 is 0 Å². The second-order valence-electron chi connectivity index (χ2n) is 10.7. The van der Waals surface area contributed by atoms with E-state index in [1.54, 1.807) is 0 Å². The Kier molecular flexibility index (Phi) is 5.69. The van der Waals surface area contributed by atoms with Crippen molar-refractivity contribution in [3.8, 4) is 0 Å². The van der Waals surface area contributed by atoms with Crippen molar-refractivity contribution in [3.05, 3.63) is 112 Å². The summed E-state index contributed by atoms with van der Waals surface area (Å²) in [5.41, 5.74) is 10.0. The molecule has 0 spiro atoms. The van der Waals surface area contributed by atoms with Crippen molar-refractivity contribution in [2.45, 2.75) is 65.7 Å². The van der Waals surface area contributed by atoms with Crippen LogP contribution in [0.2, 0.25) is 0 Å². The van der Waals surface area contributed by atoms with Crippen LogP contribution in [0.5, 0.6) is 0 Å². The molecule has 0 aromatic heterocycles. The monoisotopic (exact) mass is 408 g/mol. The van der Waals surface area contributed by atoms with Gasteiger partial charge in [0.1, 0.15) is 0 Å². The molecule has 0 fully saturated rings. The highest BCUT2D eigenvalue weighted by Crippen LogP contribution is 2.46. The lowest BCUT2D eigenvalue weighted by Crippen LogP contribution is -2.37.